The molecule has 0 radical (unpaired) electrons. The molecule has 0 N–H and O–H groups in total. The fraction of sp³-hybridized carbons (Fsp3) is 0.440. The first-order valence-corrected chi connectivity index (χ1v) is 12.3. The van der Waals surface area contributed by atoms with Crippen LogP contribution in [0.1, 0.15) is 38.3 Å². The predicted octanol–water partition coefficient (Wildman–Crippen LogP) is 5.92. The molecule has 0 bridgehead atoms. The summed E-state index contributed by atoms with van der Waals surface area (Å²) >= 11 is 7.89. The Morgan fingerprint density at radius 3 is 2.81 bits per heavy atom. The van der Waals surface area contributed by atoms with E-state index in [2.05, 4.69) is 29.7 Å². The normalized spacial score (nSPS) is 17.3. The highest BCUT2D eigenvalue weighted by molar-refractivity contribution is 7.22. The number of halogens is 1. The Labute approximate surface area is 199 Å². The molecule has 2 heterocycles. The van der Waals surface area contributed by atoms with E-state index in [-0.39, 0.29) is 5.97 Å². The minimum atomic E-state index is -0.287. The van der Waals surface area contributed by atoms with Crippen molar-refractivity contribution >= 4 is 44.3 Å². The van der Waals surface area contributed by atoms with Gasteiger partial charge in [-0.05, 0) is 60.7 Å². The second-order valence-corrected chi connectivity index (χ2v) is 10.5. The van der Waals surface area contributed by atoms with E-state index in [1.54, 1.807) is 11.3 Å². The molecule has 0 aliphatic carbocycles. The number of rotatable bonds is 6. The molecule has 0 amide bonds. The fourth-order valence-corrected chi connectivity index (χ4v) is 5.72. The number of hydrogen-bond donors (Lipinski definition) is 0. The summed E-state index contributed by atoms with van der Waals surface area (Å²) in [5.74, 6) is 0.940. The summed E-state index contributed by atoms with van der Waals surface area (Å²) in [6.45, 7) is 11.7. The maximum absolute atomic E-state index is 11.4. The lowest BCUT2D eigenvalue weighted by molar-refractivity contribution is -0.131. The molecule has 170 valence electrons. The van der Waals surface area contributed by atoms with E-state index in [9.17, 15) is 4.79 Å². The van der Waals surface area contributed by atoms with Crippen LogP contribution in [-0.2, 0) is 11.3 Å². The molecule has 1 aliphatic heterocycles. The zero-order chi connectivity index (χ0) is 22.8. The minimum Gasteiger partial charge on any atom is -0.427 e. The van der Waals surface area contributed by atoms with Crippen LogP contribution in [0.25, 0.3) is 10.2 Å². The topological polar surface area (TPSA) is 45.7 Å². The van der Waals surface area contributed by atoms with Crippen LogP contribution in [0.2, 0.25) is 5.02 Å². The Bertz CT molecular complexity index is 1110. The molecule has 1 fully saturated rings. The van der Waals surface area contributed by atoms with E-state index in [1.165, 1.54) is 12.5 Å². The number of hydrogen-bond acceptors (Lipinski definition) is 6. The van der Waals surface area contributed by atoms with Crippen molar-refractivity contribution in [2.75, 3.05) is 24.5 Å². The highest BCUT2D eigenvalue weighted by Crippen LogP contribution is 2.33. The summed E-state index contributed by atoms with van der Waals surface area (Å²) in [5.41, 5.74) is 3.29. The number of carbonyl (C=O) groups excluding carboxylic acids is 1. The largest absolute Gasteiger partial charge is 0.427 e. The molecule has 4 rings (SSSR count). The maximum atomic E-state index is 11.4. The lowest BCUT2D eigenvalue weighted by Crippen LogP contribution is -2.53. The van der Waals surface area contributed by atoms with Gasteiger partial charge in [-0.15, -0.1) is 0 Å². The lowest BCUT2D eigenvalue weighted by atomic mass is 9.99. The van der Waals surface area contributed by atoms with Gasteiger partial charge in [0.05, 0.1) is 10.2 Å². The van der Waals surface area contributed by atoms with Crippen molar-refractivity contribution in [3.63, 3.8) is 0 Å². The molecule has 0 spiro atoms. The summed E-state index contributed by atoms with van der Waals surface area (Å²) in [7, 11) is 0. The first-order chi connectivity index (χ1) is 15.3. The summed E-state index contributed by atoms with van der Waals surface area (Å²) in [6.07, 6.45) is 1.12. The smallest absolute Gasteiger partial charge is 0.308 e. The average Bonchev–Trinajstić information content (AvgIpc) is 3.11. The van der Waals surface area contributed by atoms with Crippen LogP contribution in [0.4, 0.5) is 5.13 Å². The van der Waals surface area contributed by atoms with Gasteiger partial charge in [0.15, 0.2) is 5.13 Å². The number of aryl methyl sites for hydroxylation is 1. The van der Waals surface area contributed by atoms with Gasteiger partial charge in [-0.2, -0.15) is 0 Å². The number of piperazine rings is 1. The third-order valence-corrected chi connectivity index (χ3v) is 7.03. The number of esters is 1. The van der Waals surface area contributed by atoms with Gasteiger partial charge in [-0.3, -0.25) is 9.69 Å². The molecule has 32 heavy (non-hydrogen) atoms. The number of thiazole rings is 1. The van der Waals surface area contributed by atoms with Gasteiger partial charge in [0.2, 0.25) is 0 Å². The standard InChI is InChI=1S/C25H30ClN3O2S/c1-16(2)9-21-15-29(25-27-23-6-5-20(26)13-24(23)32-25)8-7-28(21)14-19-10-17(3)11-22(12-19)31-18(4)30/h5-6,10-13,16,21H,7-9,14-15H2,1-4H3/t21-/m1/s1. The summed E-state index contributed by atoms with van der Waals surface area (Å²) < 4.78 is 6.48. The van der Waals surface area contributed by atoms with Crippen LogP contribution in [0, 0.1) is 12.8 Å². The molecule has 7 heteroatoms. The summed E-state index contributed by atoms with van der Waals surface area (Å²) in [6, 6.07) is 12.4. The molecule has 1 aliphatic rings. The van der Waals surface area contributed by atoms with Crippen molar-refractivity contribution < 1.29 is 9.53 Å². The number of ether oxygens (including phenoxy) is 1. The third-order valence-electron chi connectivity index (χ3n) is 5.72. The van der Waals surface area contributed by atoms with Crippen LogP contribution in [0.3, 0.4) is 0 Å². The Kier molecular flexibility index (Phi) is 7.03. The first kappa shape index (κ1) is 23.0. The van der Waals surface area contributed by atoms with Crippen molar-refractivity contribution in [3.8, 4) is 5.75 Å². The lowest BCUT2D eigenvalue weighted by Gasteiger charge is -2.42. The highest BCUT2D eigenvalue weighted by Gasteiger charge is 2.29. The number of aromatic nitrogens is 1. The third kappa shape index (κ3) is 5.61. The second kappa shape index (κ2) is 9.77. The van der Waals surface area contributed by atoms with Gasteiger partial charge in [0.1, 0.15) is 5.75 Å². The number of carbonyl (C=O) groups is 1. The molecule has 2 aromatic carbocycles. The molecule has 3 aromatic rings. The second-order valence-electron chi connectivity index (χ2n) is 9.06. The quantitative estimate of drug-likeness (QED) is 0.330. The number of benzene rings is 2. The molecule has 1 saturated heterocycles. The Hall–Kier alpha value is -2.15. The minimum absolute atomic E-state index is 0.287. The zero-order valence-corrected chi connectivity index (χ0v) is 20.7. The monoisotopic (exact) mass is 471 g/mol. The predicted molar refractivity (Wildman–Crippen MR) is 133 cm³/mol. The Balaban J connectivity index is 1.52. The molecule has 5 nitrogen and oxygen atoms in total. The SMILES string of the molecule is CC(=O)Oc1cc(C)cc(CN2CCN(c3nc4ccc(Cl)cc4s3)C[C@H]2CC(C)C)c1. The maximum Gasteiger partial charge on any atom is 0.308 e. The van der Waals surface area contributed by atoms with Gasteiger partial charge in [-0.25, -0.2) is 4.98 Å². The van der Waals surface area contributed by atoms with Crippen molar-refractivity contribution in [1.82, 2.24) is 9.88 Å². The van der Waals surface area contributed by atoms with E-state index in [0.29, 0.717) is 17.7 Å². The van der Waals surface area contributed by atoms with Crippen LogP contribution >= 0.6 is 22.9 Å². The number of anilines is 1. The number of nitrogens with zero attached hydrogens (tertiary/aromatic N) is 3. The van der Waals surface area contributed by atoms with Crippen molar-refractivity contribution in [2.24, 2.45) is 5.92 Å². The van der Waals surface area contributed by atoms with E-state index >= 15 is 0 Å². The molecular formula is C25H30ClN3O2S. The highest BCUT2D eigenvalue weighted by atomic mass is 35.5. The molecular weight excluding hydrogens is 442 g/mol. The zero-order valence-electron chi connectivity index (χ0n) is 19.1. The van der Waals surface area contributed by atoms with E-state index in [1.807, 2.05) is 37.3 Å². The Morgan fingerprint density at radius 1 is 1.25 bits per heavy atom. The van der Waals surface area contributed by atoms with Gasteiger partial charge < -0.3 is 9.64 Å². The summed E-state index contributed by atoms with van der Waals surface area (Å²) in [5, 5.41) is 1.82. The van der Waals surface area contributed by atoms with Gasteiger partial charge in [-0.1, -0.05) is 42.9 Å². The van der Waals surface area contributed by atoms with E-state index in [4.69, 9.17) is 21.3 Å². The number of fused-ring (bicyclic) bond motifs is 1. The molecule has 1 aromatic heterocycles. The fourth-order valence-electron chi connectivity index (χ4n) is 4.44. The molecule has 0 unspecified atom stereocenters. The van der Waals surface area contributed by atoms with Crippen molar-refractivity contribution in [1.29, 1.82) is 0 Å². The average molecular weight is 472 g/mol. The van der Waals surface area contributed by atoms with Crippen molar-refractivity contribution in [3.05, 3.63) is 52.5 Å². The van der Waals surface area contributed by atoms with Gasteiger partial charge in [0, 0.05) is 44.2 Å². The Morgan fingerprint density at radius 2 is 2.06 bits per heavy atom. The van der Waals surface area contributed by atoms with E-state index in [0.717, 1.165) is 58.5 Å². The van der Waals surface area contributed by atoms with Crippen LogP contribution in [0.5, 0.6) is 5.75 Å². The van der Waals surface area contributed by atoms with Crippen LogP contribution in [-0.4, -0.2) is 41.5 Å². The van der Waals surface area contributed by atoms with Crippen molar-refractivity contribution in [2.45, 2.75) is 46.7 Å². The van der Waals surface area contributed by atoms with Gasteiger partial charge >= 0.3 is 5.97 Å². The molecule has 0 saturated carbocycles. The van der Waals surface area contributed by atoms with E-state index < -0.39 is 0 Å². The van der Waals surface area contributed by atoms with Gasteiger partial charge in [0.25, 0.3) is 0 Å². The van der Waals surface area contributed by atoms with Crippen LogP contribution < -0.4 is 9.64 Å². The first-order valence-electron chi connectivity index (χ1n) is 11.1. The van der Waals surface area contributed by atoms with Crippen LogP contribution in [0.15, 0.2) is 36.4 Å². The molecule has 1 atom stereocenters. The summed E-state index contributed by atoms with van der Waals surface area (Å²) in [4.78, 5) is 21.3.